The van der Waals surface area contributed by atoms with Crippen LogP contribution in [0.2, 0.25) is 0 Å². The summed E-state index contributed by atoms with van der Waals surface area (Å²) in [6, 6.07) is 0. The first kappa shape index (κ1) is 8.20. The van der Waals surface area contributed by atoms with Crippen molar-refractivity contribution in [3.8, 4) is 0 Å². The molecule has 1 fully saturated rings. The number of nitrogens with one attached hydrogen (secondary N) is 1. The minimum atomic E-state index is 0.809. The molecule has 1 aliphatic heterocycles. The SMILES string of the molecule is C=NN1CCNCC1=NCC. The zero-order chi connectivity index (χ0) is 8.10. The number of hydrogen-bond donors (Lipinski definition) is 1. The first-order valence-electron chi connectivity index (χ1n) is 3.86. The lowest BCUT2D eigenvalue weighted by molar-refractivity contribution is 0.401. The molecule has 1 N–H and O–H groups in total. The Balaban J connectivity index is 2.58. The van der Waals surface area contributed by atoms with Crippen LogP contribution >= 0.6 is 0 Å². The minimum absolute atomic E-state index is 0.809. The highest BCUT2D eigenvalue weighted by atomic mass is 15.5. The molecular formula is C7H14N4. The summed E-state index contributed by atoms with van der Waals surface area (Å²) < 4.78 is 0. The summed E-state index contributed by atoms with van der Waals surface area (Å²) in [5, 5.41) is 8.93. The number of piperazine rings is 1. The van der Waals surface area contributed by atoms with Gasteiger partial charge in [-0.25, -0.2) is 0 Å². The van der Waals surface area contributed by atoms with Gasteiger partial charge >= 0.3 is 0 Å². The van der Waals surface area contributed by atoms with Crippen LogP contribution in [0, 0.1) is 0 Å². The van der Waals surface area contributed by atoms with Crippen LogP contribution in [0.3, 0.4) is 0 Å². The van der Waals surface area contributed by atoms with Crippen molar-refractivity contribution in [2.24, 2.45) is 10.1 Å². The van der Waals surface area contributed by atoms with E-state index in [-0.39, 0.29) is 0 Å². The van der Waals surface area contributed by atoms with Gasteiger partial charge in [-0.15, -0.1) is 0 Å². The fourth-order valence-corrected chi connectivity index (χ4v) is 1.08. The van der Waals surface area contributed by atoms with Crippen LogP contribution in [-0.4, -0.2) is 43.7 Å². The van der Waals surface area contributed by atoms with E-state index in [4.69, 9.17) is 0 Å². The van der Waals surface area contributed by atoms with Gasteiger partial charge in [0.2, 0.25) is 0 Å². The number of rotatable bonds is 2. The van der Waals surface area contributed by atoms with Crippen molar-refractivity contribution in [2.45, 2.75) is 6.92 Å². The highest BCUT2D eigenvalue weighted by molar-refractivity contribution is 5.84. The van der Waals surface area contributed by atoms with Crippen LogP contribution in [0.15, 0.2) is 10.1 Å². The van der Waals surface area contributed by atoms with Crippen molar-refractivity contribution >= 4 is 12.6 Å². The van der Waals surface area contributed by atoms with Crippen LogP contribution in [-0.2, 0) is 0 Å². The van der Waals surface area contributed by atoms with Crippen LogP contribution in [0.5, 0.6) is 0 Å². The van der Waals surface area contributed by atoms with Crippen LogP contribution in [0.4, 0.5) is 0 Å². The Bertz CT molecular complexity index is 164. The lowest BCUT2D eigenvalue weighted by Gasteiger charge is -2.25. The Kier molecular flexibility index (Phi) is 3.04. The fraction of sp³-hybridized carbons (Fsp3) is 0.714. The van der Waals surface area contributed by atoms with Gasteiger partial charge in [-0.1, -0.05) is 0 Å². The Morgan fingerprint density at radius 2 is 2.55 bits per heavy atom. The molecule has 0 aromatic heterocycles. The van der Waals surface area contributed by atoms with Gasteiger partial charge in [-0.2, -0.15) is 5.10 Å². The molecule has 1 saturated heterocycles. The molecule has 11 heavy (non-hydrogen) atoms. The topological polar surface area (TPSA) is 40.0 Å². The molecule has 1 rings (SSSR count). The molecule has 1 aliphatic rings. The summed E-state index contributed by atoms with van der Waals surface area (Å²) in [6.45, 7) is 8.96. The summed E-state index contributed by atoms with van der Waals surface area (Å²) in [5.41, 5.74) is 0. The zero-order valence-corrected chi connectivity index (χ0v) is 6.88. The van der Waals surface area contributed by atoms with E-state index in [0.29, 0.717) is 0 Å². The first-order valence-corrected chi connectivity index (χ1v) is 3.86. The van der Waals surface area contributed by atoms with Gasteiger partial charge in [-0.05, 0) is 6.92 Å². The van der Waals surface area contributed by atoms with Crippen molar-refractivity contribution in [1.29, 1.82) is 0 Å². The Labute approximate surface area is 67.0 Å². The minimum Gasteiger partial charge on any atom is -0.308 e. The van der Waals surface area contributed by atoms with Crippen molar-refractivity contribution < 1.29 is 0 Å². The second kappa shape index (κ2) is 4.08. The third kappa shape index (κ3) is 2.01. The molecule has 0 atom stereocenters. The third-order valence-electron chi connectivity index (χ3n) is 1.59. The summed E-state index contributed by atoms with van der Waals surface area (Å²) in [6.07, 6.45) is 0. The lowest BCUT2D eigenvalue weighted by Crippen LogP contribution is -2.45. The van der Waals surface area contributed by atoms with Gasteiger partial charge < -0.3 is 5.32 Å². The summed E-state index contributed by atoms with van der Waals surface area (Å²) in [7, 11) is 0. The molecule has 0 radical (unpaired) electrons. The maximum absolute atomic E-state index is 4.28. The van der Waals surface area contributed by atoms with E-state index in [1.54, 1.807) is 0 Å². The summed E-state index contributed by atoms with van der Waals surface area (Å²) in [5.74, 6) is 0.994. The first-order chi connectivity index (χ1) is 5.38. The number of nitrogens with zero attached hydrogens (tertiary/aromatic N) is 3. The van der Waals surface area contributed by atoms with Crippen molar-refractivity contribution in [2.75, 3.05) is 26.2 Å². The van der Waals surface area contributed by atoms with Gasteiger partial charge in [0.15, 0.2) is 0 Å². The normalized spacial score (nSPS) is 22.3. The molecule has 4 heteroatoms. The predicted molar refractivity (Wildman–Crippen MR) is 47.1 cm³/mol. The largest absolute Gasteiger partial charge is 0.308 e. The predicted octanol–water partition coefficient (Wildman–Crippen LogP) is -0.0744. The number of hydrazone groups is 1. The average Bonchev–Trinajstić information content (AvgIpc) is 2.06. The van der Waals surface area contributed by atoms with E-state index >= 15 is 0 Å². The van der Waals surface area contributed by atoms with Gasteiger partial charge in [0, 0.05) is 19.8 Å². The smallest absolute Gasteiger partial charge is 0.133 e. The molecule has 0 bridgehead atoms. The van der Waals surface area contributed by atoms with Crippen LogP contribution in [0.25, 0.3) is 0 Å². The molecule has 0 aliphatic carbocycles. The molecule has 1 heterocycles. The van der Waals surface area contributed by atoms with Crippen molar-refractivity contribution in [3.63, 3.8) is 0 Å². The van der Waals surface area contributed by atoms with Crippen molar-refractivity contribution in [3.05, 3.63) is 0 Å². The molecule has 0 aromatic carbocycles. The van der Waals surface area contributed by atoms with Crippen molar-refractivity contribution in [1.82, 2.24) is 10.3 Å². The Morgan fingerprint density at radius 3 is 3.18 bits per heavy atom. The molecule has 0 unspecified atom stereocenters. The monoisotopic (exact) mass is 154 g/mol. The van der Waals surface area contributed by atoms with Gasteiger partial charge in [0.25, 0.3) is 0 Å². The fourth-order valence-electron chi connectivity index (χ4n) is 1.08. The maximum atomic E-state index is 4.28. The van der Waals surface area contributed by atoms with E-state index in [1.165, 1.54) is 0 Å². The highest BCUT2D eigenvalue weighted by Crippen LogP contribution is 1.96. The van der Waals surface area contributed by atoms with E-state index in [0.717, 1.165) is 32.0 Å². The van der Waals surface area contributed by atoms with E-state index in [2.05, 4.69) is 22.1 Å². The summed E-state index contributed by atoms with van der Waals surface area (Å²) in [4.78, 5) is 4.28. The Morgan fingerprint density at radius 1 is 1.73 bits per heavy atom. The standard InChI is InChI=1S/C7H14N4/c1-3-10-7-6-9-4-5-11(7)8-2/h9H,2-6H2,1H3. The van der Waals surface area contributed by atoms with Gasteiger partial charge in [0.1, 0.15) is 5.84 Å². The molecule has 0 aromatic rings. The van der Waals surface area contributed by atoms with Crippen LogP contribution < -0.4 is 5.32 Å². The molecule has 0 amide bonds. The maximum Gasteiger partial charge on any atom is 0.133 e. The second-order valence-electron chi connectivity index (χ2n) is 2.33. The number of hydrogen-bond acceptors (Lipinski definition) is 3. The van der Waals surface area contributed by atoms with Crippen LogP contribution in [0.1, 0.15) is 6.92 Å². The zero-order valence-electron chi connectivity index (χ0n) is 6.88. The average molecular weight is 154 g/mol. The van der Waals surface area contributed by atoms with E-state index < -0.39 is 0 Å². The highest BCUT2D eigenvalue weighted by Gasteiger charge is 2.12. The van der Waals surface area contributed by atoms with Gasteiger partial charge in [-0.3, -0.25) is 10.0 Å². The molecule has 4 nitrogen and oxygen atoms in total. The van der Waals surface area contributed by atoms with E-state index in [9.17, 15) is 0 Å². The Hall–Kier alpha value is -0.900. The molecular weight excluding hydrogens is 140 g/mol. The quantitative estimate of drug-likeness (QED) is 0.565. The molecule has 0 saturated carbocycles. The lowest BCUT2D eigenvalue weighted by atomic mass is 10.4. The summed E-state index contributed by atoms with van der Waals surface area (Å²) >= 11 is 0. The number of aliphatic imine (C=N–C) groups is 1. The van der Waals surface area contributed by atoms with Gasteiger partial charge in [0.05, 0.1) is 13.1 Å². The molecule has 62 valence electrons. The second-order valence-corrected chi connectivity index (χ2v) is 2.33. The molecule has 0 spiro atoms. The number of amidine groups is 1. The third-order valence-corrected chi connectivity index (χ3v) is 1.59. The van der Waals surface area contributed by atoms with E-state index in [1.807, 2.05) is 11.9 Å².